The van der Waals surface area contributed by atoms with Gasteiger partial charge in [-0.05, 0) is 24.6 Å². The van der Waals surface area contributed by atoms with Gasteiger partial charge >= 0.3 is 0 Å². The summed E-state index contributed by atoms with van der Waals surface area (Å²) < 4.78 is 1.13. The van der Waals surface area contributed by atoms with Crippen LogP contribution in [0.1, 0.15) is 18.5 Å². The molecule has 0 fully saturated rings. The number of nitrogens with one attached hydrogen (secondary N) is 1. The van der Waals surface area contributed by atoms with E-state index in [2.05, 4.69) is 52.3 Å². The number of thioether (sulfide) groups is 1. The van der Waals surface area contributed by atoms with Gasteiger partial charge in [-0.2, -0.15) is 0 Å². The van der Waals surface area contributed by atoms with E-state index in [0.29, 0.717) is 6.04 Å². The summed E-state index contributed by atoms with van der Waals surface area (Å²) >= 11 is 5.26. The normalized spacial score (nSPS) is 12.1. The third kappa shape index (κ3) is 5.07. The van der Waals surface area contributed by atoms with E-state index in [1.165, 1.54) is 5.56 Å². The van der Waals surface area contributed by atoms with Gasteiger partial charge in [0.2, 0.25) is 0 Å². The smallest absolute Gasteiger partial charge is 0.0545 e. The minimum atomic E-state index is 0.379. The van der Waals surface area contributed by atoms with Crippen LogP contribution in [-0.4, -0.2) is 18.1 Å². The molecule has 0 amide bonds. The standard InChI is InChI=1S/C13H16BrNS/c1-3-8-16-9-7-15-11(2)12-5-4-6-13(14)10-12/h1,4-6,10-11,15H,7-9H2,2H3. The van der Waals surface area contributed by atoms with E-state index in [-0.39, 0.29) is 0 Å². The highest BCUT2D eigenvalue weighted by molar-refractivity contribution is 9.10. The molecule has 0 saturated carbocycles. The monoisotopic (exact) mass is 297 g/mol. The zero-order valence-electron chi connectivity index (χ0n) is 9.37. The lowest BCUT2D eigenvalue weighted by Crippen LogP contribution is -2.21. The Hall–Kier alpha value is -0.430. The van der Waals surface area contributed by atoms with Crippen molar-refractivity contribution in [3.05, 3.63) is 34.3 Å². The van der Waals surface area contributed by atoms with Gasteiger partial charge in [-0.25, -0.2) is 0 Å². The summed E-state index contributed by atoms with van der Waals surface area (Å²) in [7, 11) is 0. The van der Waals surface area contributed by atoms with E-state index in [1.54, 1.807) is 11.8 Å². The van der Waals surface area contributed by atoms with E-state index in [0.717, 1.165) is 22.5 Å². The molecule has 1 unspecified atom stereocenters. The first kappa shape index (κ1) is 13.6. The van der Waals surface area contributed by atoms with Gasteiger partial charge in [-0.3, -0.25) is 0 Å². The van der Waals surface area contributed by atoms with Crippen LogP contribution in [-0.2, 0) is 0 Å². The molecule has 3 heteroatoms. The molecule has 0 aromatic heterocycles. The topological polar surface area (TPSA) is 12.0 Å². The van der Waals surface area contributed by atoms with Gasteiger partial charge in [0.05, 0.1) is 5.75 Å². The molecule has 0 heterocycles. The summed E-state index contributed by atoms with van der Waals surface area (Å²) in [6, 6.07) is 8.76. The van der Waals surface area contributed by atoms with Crippen LogP contribution < -0.4 is 5.32 Å². The van der Waals surface area contributed by atoms with E-state index >= 15 is 0 Å². The number of benzene rings is 1. The van der Waals surface area contributed by atoms with Crippen molar-refractivity contribution in [1.29, 1.82) is 0 Å². The molecule has 1 aromatic carbocycles. The first-order valence-electron chi connectivity index (χ1n) is 5.24. The molecule has 1 aromatic rings. The van der Waals surface area contributed by atoms with Crippen molar-refractivity contribution in [2.45, 2.75) is 13.0 Å². The van der Waals surface area contributed by atoms with Gasteiger partial charge in [0.1, 0.15) is 0 Å². The average Bonchev–Trinajstić information content (AvgIpc) is 2.28. The highest BCUT2D eigenvalue weighted by Crippen LogP contribution is 2.17. The summed E-state index contributed by atoms with van der Waals surface area (Å²) in [5.74, 6) is 4.48. The van der Waals surface area contributed by atoms with Crippen molar-refractivity contribution in [2.24, 2.45) is 0 Å². The van der Waals surface area contributed by atoms with Crippen LogP contribution >= 0.6 is 27.7 Å². The fraction of sp³-hybridized carbons (Fsp3) is 0.385. The van der Waals surface area contributed by atoms with Crippen LogP contribution in [0.2, 0.25) is 0 Å². The minimum Gasteiger partial charge on any atom is -0.309 e. The molecule has 0 bridgehead atoms. The predicted octanol–water partition coefficient (Wildman–Crippen LogP) is 3.47. The lowest BCUT2D eigenvalue weighted by molar-refractivity contribution is 0.601. The Morgan fingerprint density at radius 2 is 2.38 bits per heavy atom. The van der Waals surface area contributed by atoms with Crippen molar-refractivity contribution >= 4 is 27.7 Å². The van der Waals surface area contributed by atoms with E-state index in [9.17, 15) is 0 Å². The largest absolute Gasteiger partial charge is 0.309 e. The number of hydrogen-bond donors (Lipinski definition) is 1. The lowest BCUT2D eigenvalue weighted by Gasteiger charge is -2.14. The van der Waals surface area contributed by atoms with Crippen LogP contribution in [0.15, 0.2) is 28.7 Å². The van der Waals surface area contributed by atoms with Crippen molar-refractivity contribution in [1.82, 2.24) is 5.32 Å². The molecule has 86 valence electrons. The maximum absolute atomic E-state index is 5.18. The third-order valence-corrected chi connectivity index (χ3v) is 3.59. The second-order valence-corrected chi connectivity index (χ2v) is 5.51. The average molecular weight is 298 g/mol. The Morgan fingerprint density at radius 3 is 3.06 bits per heavy atom. The number of terminal acetylenes is 1. The first-order valence-corrected chi connectivity index (χ1v) is 7.19. The molecule has 1 atom stereocenters. The fourth-order valence-electron chi connectivity index (χ4n) is 1.37. The van der Waals surface area contributed by atoms with Gasteiger partial charge in [0.25, 0.3) is 0 Å². The molecule has 1 rings (SSSR count). The lowest BCUT2D eigenvalue weighted by atomic mass is 10.1. The Labute approximate surface area is 111 Å². The molecule has 1 N–H and O–H groups in total. The second-order valence-electron chi connectivity index (χ2n) is 3.49. The molecule has 0 aliphatic heterocycles. The molecule has 0 saturated heterocycles. The molecule has 0 radical (unpaired) electrons. The Kier molecular flexibility index (Phi) is 6.63. The molecule has 1 nitrogen and oxygen atoms in total. The van der Waals surface area contributed by atoms with Gasteiger partial charge in [-0.1, -0.05) is 34.0 Å². The van der Waals surface area contributed by atoms with Gasteiger partial charge < -0.3 is 5.32 Å². The van der Waals surface area contributed by atoms with Gasteiger partial charge in [-0.15, -0.1) is 18.2 Å². The van der Waals surface area contributed by atoms with Crippen molar-refractivity contribution < 1.29 is 0 Å². The number of rotatable bonds is 6. The molecule has 16 heavy (non-hydrogen) atoms. The van der Waals surface area contributed by atoms with Crippen LogP contribution in [0.3, 0.4) is 0 Å². The van der Waals surface area contributed by atoms with E-state index in [4.69, 9.17) is 6.42 Å². The summed E-state index contributed by atoms with van der Waals surface area (Å²) in [4.78, 5) is 0. The quantitative estimate of drug-likeness (QED) is 0.637. The van der Waals surface area contributed by atoms with E-state index in [1.807, 2.05) is 6.07 Å². The fourth-order valence-corrected chi connectivity index (χ4v) is 2.31. The molecule has 0 aliphatic rings. The first-order chi connectivity index (χ1) is 7.74. The van der Waals surface area contributed by atoms with Crippen LogP contribution in [0.5, 0.6) is 0 Å². The number of hydrogen-bond acceptors (Lipinski definition) is 2. The van der Waals surface area contributed by atoms with Gasteiger partial charge in [0.15, 0.2) is 0 Å². The summed E-state index contributed by atoms with van der Waals surface area (Å²) in [6.07, 6.45) is 5.18. The number of halogens is 1. The molecular weight excluding hydrogens is 282 g/mol. The molecular formula is C13H16BrNS. The SMILES string of the molecule is C#CCSCCNC(C)c1cccc(Br)c1. The summed E-state index contributed by atoms with van der Waals surface area (Å²) in [6.45, 7) is 3.16. The van der Waals surface area contributed by atoms with Gasteiger partial charge in [0, 0.05) is 22.8 Å². The van der Waals surface area contributed by atoms with Crippen LogP contribution in [0.4, 0.5) is 0 Å². The second kappa shape index (κ2) is 7.78. The highest BCUT2D eigenvalue weighted by atomic mass is 79.9. The highest BCUT2D eigenvalue weighted by Gasteiger charge is 2.03. The van der Waals surface area contributed by atoms with Crippen LogP contribution in [0, 0.1) is 12.3 Å². The van der Waals surface area contributed by atoms with Crippen LogP contribution in [0.25, 0.3) is 0 Å². The third-order valence-electron chi connectivity index (χ3n) is 2.23. The van der Waals surface area contributed by atoms with Crippen molar-refractivity contribution in [3.63, 3.8) is 0 Å². The summed E-state index contributed by atoms with van der Waals surface area (Å²) in [5, 5.41) is 3.47. The molecule has 0 aliphatic carbocycles. The van der Waals surface area contributed by atoms with Crippen molar-refractivity contribution in [3.8, 4) is 12.3 Å². The maximum atomic E-state index is 5.18. The Bertz CT molecular complexity index is 359. The zero-order valence-corrected chi connectivity index (χ0v) is 11.8. The van der Waals surface area contributed by atoms with E-state index < -0.39 is 0 Å². The van der Waals surface area contributed by atoms with Crippen molar-refractivity contribution in [2.75, 3.05) is 18.1 Å². The zero-order chi connectivity index (χ0) is 11.8. The summed E-state index contributed by atoms with van der Waals surface area (Å²) in [5.41, 5.74) is 1.30. The minimum absolute atomic E-state index is 0.379. The Balaban J connectivity index is 2.30. The molecule has 0 spiro atoms. The maximum Gasteiger partial charge on any atom is 0.0545 e. The Morgan fingerprint density at radius 1 is 1.56 bits per heavy atom. The predicted molar refractivity (Wildman–Crippen MR) is 76.7 cm³/mol.